The van der Waals surface area contributed by atoms with Crippen LogP contribution in [0.3, 0.4) is 0 Å². The van der Waals surface area contributed by atoms with Crippen molar-refractivity contribution in [2.24, 2.45) is 0 Å². The fourth-order valence-corrected chi connectivity index (χ4v) is 2.64. The van der Waals surface area contributed by atoms with E-state index >= 15 is 0 Å². The number of rotatable bonds is 0. The largest absolute Gasteiger partial charge is 0.464 e. The van der Waals surface area contributed by atoms with Gasteiger partial charge in [0.25, 0.3) is 0 Å². The molecule has 0 amide bonds. The van der Waals surface area contributed by atoms with E-state index in [1.807, 2.05) is 29.7 Å². The monoisotopic (exact) mass is 225 g/mol. The number of nitrogens with zero attached hydrogens (tertiary/aromatic N) is 1. The van der Waals surface area contributed by atoms with Crippen molar-refractivity contribution < 1.29 is 4.74 Å². The van der Waals surface area contributed by atoms with Crippen molar-refractivity contribution >= 4 is 17.4 Å². The summed E-state index contributed by atoms with van der Waals surface area (Å²) in [5, 5.41) is 10.9. The number of ether oxygens (including phenoxy) is 1. The molecule has 3 rings (SSSR count). The molecule has 0 unspecified atom stereocenters. The number of fused-ring (bicyclic) bond motifs is 3. The van der Waals surface area contributed by atoms with Gasteiger partial charge in [-0.05, 0) is 41.3 Å². The highest BCUT2D eigenvalue weighted by Crippen LogP contribution is 2.39. The molecular weight excluding hydrogens is 218 g/mol. The van der Waals surface area contributed by atoms with Gasteiger partial charge in [0.05, 0.1) is 17.9 Å². The quantitative estimate of drug-likeness (QED) is 0.685. The minimum Gasteiger partial charge on any atom is -0.464 e. The fraction of sp³-hybridized carbons (Fsp3) is 0. The summed E-state index contributed by atoms with van der Waals surface area (Å²) in [6, 6.07) is 9.68. The average molecular weight is 225 g/mol. The van der Waals surface area contributed by atoms with Gasteiger partial charge in [0, 0.05) is 10.4 Å². The van der Waals surface area contributed by atoms with Crippen LogP contribution in [-0.2, 0) is 0 Å². The Morgan fingerprint density at radius 2 is 2.19 bits per heavy atom. The first-order valence-electron chi connectivity index (χ1n) is 4.84. The zero-order valence-corrected chi connectivity index (χ0v) is 9.12. The van der Waals surface area contributed by atoms with Crippen LogP contribution in [0.4, 0.5) is 0 Å². The normalized spacial score (nSPS) is 11.9. The van der Waals surface area contributed by atoms with Crippen molar-refractivity contribution in [3.8, 4) is 22.3 Å². The van der Waals surface area contributed by atoms with E-state index in [0.29, 0.717) is 5.56 Å². The molecule has 3 heteroatoms. The highest BCUT2D eigenvalue weighted by atomic mass is 32.1. The first kappa shape index (κ1) is 9.20. The Hall–Kier alpha value is -2.05. The molecule has 16 heavy (non-hydrogen) atoms. The summed E-state index contributed by atoms with van der Waals surface area (Å²) >= 11 is 1.66. The van der Waals surface area contributed by atoms with E-state index < -0.39 is 0 Å². The highest BCUT2D eigenvalue weighted by Gasteiger charge is 2.14. The van der Waals surface area contributed by atoms with E-state index in [2.05, 4.69) is 6.07 Å². The molecule has 0 N–H and O–H groups in total. The van der Waals surface area contributed by atoms with Crippen molar-refractivity contribution in [2.75, 3.05) is 0 Å². The Morgan fingerprint density at radius 3 is 3.06 bits per heavy atom. The Kier molecular flexibility index (Phi) is 2.02. The third-order valence-electron chi connectivity index (χ3n) is 2.49. The van der Waals surface area contributed by atoms with Gasteiger partial charge in [-0.3, -0.25) is 0 Å². The van der Waals surface area contributed by atoms with Crippen LogP contribution in [0.2, 0.25) is 0 Å². The molecule has 2 aromatic rings. The third-order valence-corrected chi connectivity index (χ3v) is 3.46. The Bertz CT molecular complexity index is 619. The first-order chi connectivity index (χ1) is 7.88. The maximum atomic E-state index is 8.91. The molecule has 0 spiro atoms. The Labute approximate surface area is 97.0 Å². The van der Waals surface area contributed by atoms with E-state index in [1.54, 1.807) is 23.7 Å². The van der Waals surface area contributed by atoms with Crippen molar-refractivity contribution in [2.45, 2.75) is 0 Å². The molecular formula is C13H7NOS. The molecule has 1 aromatic carbocycles. The van der Waals surface area contributed by atoms with Crippen LogP contribution in [0, 0.1) is 11.3 Å². The lowest BCUT2D eigenvalue weighted by Crippen LogP contribution is -1.85. The molecule has 0 radical (unpaired) electrons. The zero-order valence-electron chi connectivity index (χ0n) is 8.31. The van der Waals surface area contributed by atoms with E-state index in [-0.39, 0.29) is 0 Å². The Morgan fingerprint density at radius 1 is 1.25 bits per heavy atom. The molecule has 0 saturated heterocycles. The molecule has 0 aliphatic carbocycles. The van der Waals surface area contributed by atoms with E-state index in [1.165, 1.54) is 0 Å². The van der Waals surface area contributed by atoms with Crippen molar-refractivity contribution in [3.63, 3.8) is 0 Å². The van der Waals surface area contributed by atoms with Crippen molar-refractivity contribution in [1.82, 2.24) is 0 Å². The zero-order chi connectivity index (χ0) is 11.0. The summed E-state index contributed by atoms with van der Waals surface area (Å²) in [7, 11) is 0. The SMILES string of the molecule is N#Cc1ccc2c(c1)-c1sccc1C=CO2. The van der Waals surface area contributed by atoms with Gasteiger partial charge >= 0.3 is 0 Å². The number of hydrogen-bond acceptors (Lipinski definition) is 3. The highest BCUT2D eigenvalue weighted by molar-refractivity contribution is 7.14. The lowest BCUT2D eigenvalue weighted by molar-refractivity contribution is 0.488. The second kappa shape index (κ2) is 3.51. The number of benzene rings is 1. The minimum atomic E-state index is 0.656. The van der Waals surface area contributed by atoms with Gasteiger partial charge in [0.15, 0.2) is 0 Å². The maximum Gasteiger partial charge on any atom is 0.135 e. The topological polar surface area (TPSA) is 33.0 Å². The standard InChI is InChI=1S/C13H7NOS/c14-8-9-1-2-12-11(7-9)13-10(3-5-15-12)4-6-16-13/h1-7H. The maximum absolute atomic E-state index is 8.91. The molecule has 0 atom stereocenters. The van der Waals surface area contributed by atoms with Gasteiger partial charge in [0.1, 0.15) is 5.75 Å². The summed E-state index contributed by atoms with van der Waals surface area (Å²) in [5.41, 5.74) is 2.79. The van der Waals surface area contributed by atoms with Crippen molar-refractivity contribution in [3.05, 3.63) is 47.0 Å². The van der Waals surface area contributed by atoms with Gasteiger partial charge in [0.2, 0.25) is 0 Å². The summed E-state index contributed by atoms with van der Waals surface area (Å²) in [4.78, 5) is 1.15. The van der Waals surface area contributed by atoms with Gasteiger partial charge in [-0.1, -0.05) is 0 Å². The smallest absolute Gasteiger partial charge is 0.135 e. The number of nitriles is 1. The second-order valence-electron chi connectivity index (χ2n) is 3.45. The molecule has 0 saturated carbocycles. The molecule has 1 aromatic heterocycles. The summed E-state index contributed by atoms with van der Waals surface area (Å²) in [6.45, 7) is 0. The number of hydrogen-bond donors (Lipinski definition) is 0. The van der Waals surface area contributed by atoms with E-state index in [0.717, 1.165) is 21.8 Å². The average Bonchev–Trinajstić information content (AvgIpc) is 2.71. The van der Waals surface area contributed by atoms with Crippen molar-refractivity contribution in [1.29, 1.82) is 5.26 Å². The number of thiophene rings is 1. The second-order valence-corrected chi connectivity index (χ2v) is 4.36. The predicted octanol–water partition coefficient (Wildman–Crippen LogP) is 3.65. The summed E-state index contributed by atoms with van der Waals surface area (Å²) in [6.07, 6.45) is 3.63. The Balaban J connectivity index is 2.30. The first-order valence-corrected chi connectivity index (χ1v) is 5.71. The van der Waals surface area contributed by atoms with Crippen LogP contribution in [0.25, 0.3) is 16.5 Å². The lowest BCUT2D eigenvalue weighted by atomic mass is 10.1. The van der Waals surface area contributed by atoms with Crippen LogP contribution in [0.1, 0.15) is 11.1 Å². The molecule has 2 nitrogen and oxygen atoms in total. The van der Waals surface area contributed by atoms with Crippen LogP contribution in [-0.4, -0.2) is 0 Å². The van der Waals surface area contributed by atoms with Crippen LogP contribution >= 0.6 is 11.3 Å². The molecule has 76 valence electrons. The predicted molar refractivity (Wildman–Crippen MR) is 64.1 cm³/mol. The van der Waals surface area contributed by atoms with Crippen LogP contribution in [0.5, 0.6) is 5.75 Å². The van der Waals surface area contributed by atoms with E-state index in [9.17, 15) is 0 Å². The minimum absolute atomic E-state index is 0.656. The van der Waals surface area contributed by atoms with Gasteiger partial charge in [-0.25, -0.2) is 0 Å². The molecule has 1 aliphatic heterocycles. The van der Waals surface area contributed by atoms with E-state index in [4.69, 9.17) is 10.00 Å². The molecule has 0 fully saturated rings. The molecule has 1 aliphatic rings. The van der Waals surface area contributed by atoms with Gasteiger partial charge in [-0.2, -0.15) is 5.26 Å². The molecule has 2 heterocycles. The third kappa shape index (κ3) is 1.32. The van der Waals surface area contributed by atoms with Gasteiger partial charge in [-0.15, -0.1) is 11.3 Å². The van der Waals surface area contributed by atoms with Gasteiger partial charge < -0.3 is 4.74 Å². The summed E-state index contributed by atoms with van der Waals surface area (Å²) in [5.74, 6) is 0.802. The molecule has 0 bridgehead atoms. The van der Waals surface area contributed by atoms with Crippen LogP contribution < -0.4 is 4.74 Å². The lowest BCUT2D eigenvalue weighted by Gasteiger charge is -2.05. The van der Waals surface area contributed by atoms with Crippen LogP contribution in [0.15, 0.2) is 35.9 Å². The summed E-state index contributed by atoms with van der Waals surface area (Å²) < 4.78 is 5.51. The fourth-order valence-electron chi connectivity index (χ4n) is 1.73.